The van der Waals surface area contributed by atoms with Crippen LogP contribution in [0.15, 0.2) is 21.1 Å². The van der Waals surface area contributed by atoms with Crippen molar-refractivity contribution >= 4 is 31.9 Å². The first-order valence-corrected chi connectivity index (χ1v) is 9.29. The Morgan fingerprint density at radius 2 is 2.13 bits per heavy atom. The Labute approximate surface area is 151 Å². The zero-order chi connectivity index (χ0) is 16.0. The maximum absolute atomic E-state index is 5.58. The third kappa shape index (κ3) is 2.62. The van der Waals surface area contributed by atoms with E-state index in [2.05, 4.69) is 46.6 Å². The fourth-order valence-electron chi connectivity index (χ4n) is 3.54. The minimum atomic E-state index is 0.336. The molecule has 0 amide bonds. The number of hydrogen-bond acceptors (Lipinski definition) is 4. The van der Waals surface area contributed by atoms with E-state index >= 15 is 0 Å². The Kier molecular flexibility index (Phi) is 4.19. The van der Waals surface area contributed by atoms with E-state index in [9.17, 15) is 0 Å². The molecule has 1 aromatic carbocycles. The van der Waals surface area contributed by atoms with Crippen molar-refractivity contribution in [2.24, 2.45) is 0 Å². The van der Waals surface area contributed by atoms with Gasteiger partial charge >= 0.3 is 0 Å². The summed E-state index contributed by atoms with van der Waals surface area (Å²) in [7, 11) is 1.72. The zero-order valence-corrected chi connectivity index (χ0v) is 15.9. The van der Waals surface area contributed by atoms with Gasteiger partial charge in [-0.05, 0) is 50.4 Å². The highest BCUT2D eigenvalue weighted by atomic mass is 79.9. The summed E-state index contributed by atoms with van der Waals surface area (Å²) in [6, 6.07) is 4.01. The molecule has 0 bridgehead atoms. The van der Waals surface area contributed by atoms with Gasteiger partial charge in [-0.2, -0.15) is 0 Å². The van der Waals surface area contributed by atoms with Crippen molar-refractivity contribution < 1.29 is 9.47 Å². The summed E-state index contributed by atoms with van der Waals surface area (Å²) in [5.74, 6) is 3.76. The van der Waals surface area contributed by atoms with E-state index in [1.54, 1.807) is 7.11 Å². The second-order valence-electron chi connectivity index (χ2n) is 6.02. The summed E-state index contributed by atoms with van der Waals surface area (Å²) in [5.41, 5.74) is 1.20. The van der Waals surface area contributed by atoms with Crippen molar-refractivity contribution in [3.05, 3.63) is 38.3 Å². The molecule has 2 atom stereocenters. The smallest absolute Gasteiger partial charge is 0.138 e. The Bertz CT molecular complexity index is 741. The van der Waals surface area contributed by atoms with Gasteiger partial charge in [0.1, 0.15) is 17.4 Å². The van der Waals surface area contributed by atoms with Gasteiger partial charge in [-0.15, -0.1) is 10.2 Å². The quantitative estimate of drug-likeness (QED) is 0.727. The van der Waals surface area contributed by atoms with Crippen LogP contribution in [0.25, 0.3) is 0 Å². The molecule has 1 fully saturated rings. The molecular weight excluding hydrogens is 426 g/mol. The number of hydrogen-bond donors (Lipinski definition) is 0. The van der Waals surface area contributed by atoms with E-state index in [0.717, 1.165) is 58.9 Å². The molecule has 23 heavy (non-hydrogen) atoms. The summed E-state index contributed by atoms with van der Waals surface area (Å²) in [5, 5.41) is 8.83. The SMILES string of the molecule is COc1ccc(Br)c(Br)c1[C@@H]1Cc2nnc(C3CCOC3)n2C1. The van der Waals surface area contributed by atoms with E-state index in [0.29, 0.717) is 11.8 Å². The van der Waals surface area contributed by atoms with E-state index < -0.39 is 0 Å². The summed E-state index contributed by atoms with van der Waals surface area (Å²) in [6.07, 6.45) is 1.92. The lowest BCUT2D eigenvalue weighted by Crippen LogP contribution is -2.11. The maximum atomic E-state index is 5.58. The van der Waals surface area contributed by atoms with Crippen LogP contribution in [0.1, 0.15) is 35.5 Å². The fourth-order valence-corrected chi connectivity index (χ4v) is 4.54. The molecular formula is C16H17Br2N3O2. The molecule has 3 heterocycles. The van der Waals surface area contributed by atoms with Crippen LogP contribution in [0, 0.1) is 0 Å². The van der Waals surface area contributed by atoms with Gasteiger partial charge in [0.15, 0.2) is 0 Å². The predicted molar refractivity (Wildman–Crippen MR) is 93.0 cm³/mol. The standard InChI is InChI=1S/C16H17Br2N3O2/c1-22-12-3-2-11(17)15(18)14(12)10-6-13-19-20-16(21(13)7-10)9-4-5-23-8-9/h2-3,9-10H,4-8H2,1H3/t9?,10-/m1/s1. The second-order valence-corrected chi connectivity index (χ2v) is 7.67. The van der Waals surface area contributed by atoms with Crippen LogP contribution in [0.2, 0.25) is 0 Å². The third-order valence-corrected chi connectivity index (χ3v) is 6.75. The normalized spacial score (nSPS) is 23.3. The summed E-state index contributed by atoms with van der Waals surface area (Å²) in [6.45, 7) is 2.47. The second kappa shape index (κ2) is 6.18. The van der Waals surface area contributed by atoms with E-state index in [4.69, 9.17) is 9.47 Å². The molecule has 7 heteroatoms. The summed E-state index contributed by atoms with van der Waals surface area (Å²) in [4.78, 5) is 0. The Hall–Kier alpha value is -0.920. The van der Waals surface area contributed by atoms with Crippen molar-refractivity contribution in [3.63, 3.8) is 0 Å². The number of fused-ring (bicyclic) bond motifs is 1. The number of aromatic nitrogens is 3. The fraction of sp³-hybridized carbons (Fsp3) is 0.500. The van der Waals surface area contributed by atoms with Gasteiger partial charge in [0.2, 0.25) is 0 Å². The molecule has 2 aromatic rings. The molecule has 0 radical (unpaired) electrons. The first-order valence-electron chi connectivity index (χ1n) is 7.70. The van der Waals surface area contributed by atoms with Crippen LogP contribution in [-0.2, 0) is 17.7 Å². The summed E-state index contributed by atoms with van der Waals surface area (Å²) >= 11 is 7.30. The Morgan fingerprint density at radius 3 is 2.87 bits per heavy atom. The minimum absolute atomic E-state index is 0.336. The molecule has 0 aliphatic carbocycles. The van der Waals surface area contributed by atoms with Crippen molar-refractivity contribution in [1.82, 2.24) is 14.8 Å². The van der Waals surface area contributed by atoms with Crippen molar-refractivity contribution in [3.8, 4) is 5.75 Å². The monoisotopic (exact) mass is 441 g/mol. The molecule has 4 rings (SSSR count). The van der Waals surface area contributed by atoms with Gasteiger partial charge in [-0.3, -0.25) is 0 Å². The molecule has 0 N–H and O–H groups in total. The van der Waals surface area contributed by atoms with Gasteiger partial charge in [0.05, 0.1) is 13.7 Å². The third-order valence-electron chi connectivity index (χ3n) is 4.70. The lowest BCUT2D eigenvalue weighted by Gasteiger charge is -2.18. The lowest BCUT2D eigenvalue weighted by molar-refractivity contribution is 0.192. The Morgan fingerprint density at radius 1 is 1.26 bits per heavy atom. The van der Waals surface area contributed by atoms with Gasteiger partial charge < -0.3 is 14.0 Å². The van der Waals surface area contributed by atoms with Crippen LogP contribution < -0.4 is 4.74 Å². The van der Waals surface area contributed by atoms with E-state index in [-0.39, 0.29) is 0 Å². The molecule has 1 saturated heterocycles. The molecule has 1 aromatic heterocycles. The minimum Gasteiger partial charge on any atom is -0.496 e. The number of rotatable bonds is 3. The van der Waals surface area contributed by atoms with Crippen molar-refractivity contribution in [2.45, 2.75) is 31.2 Å². The number of benzene rings is 1. The zero-order valence-electron chi connectivity index (χ0n) is 12.8. The molecule has 2 aliphatic rings. The van der Waals surface area contributed by atoms with Crippen LogP contribution in [0.4, 0.5) is 0 Å². The van der Waals surface area contributed by atoms with Crippen LogP contribution in [0.3, 0.4) is 0 Å². The number of halogens is 2. The number of methoxy groups -OCH3 is 1. The molecule has 0 spiro atoms. The van der Waals surface area contributed by atoms with Crippen molar-refractivity contribution in [2.75, 3.05) is 20.3 Å². The van der Waals surface area contributed by atoms with Crippen LogP contribution >= 0.6 is 31.9 Å². The first kappa shape index (κ1) is 15.6. The summed E-state index contributed by atoms with van der Waals surface area (Å²) < 4.78 is 15.5. The highest BCUT2D eigenvalue weighted by molar-refractivity contribution is 9.13. The van der Waals surface area contributed by atoms with Crippen molar-refractivity contribution in [1.29, 1.82) is 0 Å². The number of nitrogens with zero attached hydrogens (tertiary/aromatic N) is 3. The molecule has 1 unspecified atom stereocenters. The predicted octanol–water partition coefficient (Wildman–Crippen LogP) is 3.66. The number of ether oxygens (including phenoxy) is 2. The highest BCUT2D eigenvalue weighted by Crippen LogP contribution is 2.43. The highest BCUT2D eigenvalue weighted by Gasteiger charge is 2.34. The van der Waals surface area contributed by atoms with Crippen LogP contribution in [-0.4, -0.2) is 35.1 Å². The first-order chi connectivity index (χ1) is 11.2. The topological polar surface area (TPSA) is 49.2 Å². The van der Waals surface area contributed by atoms with Gasteiger partial charge in [0.25, 0.3) is 0 Å². The van der Waals surface area contributed by atoms with E-state index in [1.165, 1.54) is 5.56 Å². The molecule has 122 valence electrons. The van der Waals surface area contributed by atoms with E-state index in [1.807, 2.05) is 12.1 Å². The largest absolute Gasteiger partial charge is 0.496 e. The van der Waals surface area contributed by atoms with Gasteiger partial charge in [0, 0.05) is 45.9 Å². The molecule has 2 aliphatic heterocycles. The molecule has 0 saturated carbocycles. The molecule has 5 nitrogen and oxygen atoms in total. The maximum Gasteiger partial charge on any atom is 0.138 e. The average Bonchev–Trinajstić information content (AvgIpc) is 3.25. The Balaban J connectivity index is 1.68. The van der Waals surface area contributed by atoms with Gasteiger partial charge in [-0.25, -0.2) is 0 Å². The van der Waals surface area contributed by atoms with Crippen LogP contribution in [0.5, 0.6) is 5.75 Å². The lowest BCUT2D eigenvalue weighted by atomic mass is 9.96. The average molecular weight is 443 g/mol. The van der Waals surface area contributed by atoms with Gasteiger partial charge in [-0.1, -0.05) is 0 Å².